The molecule has 0 radical (unpaired) electrons. The SMILES string of the molecule is C=CCc1ccc(OC2OC3C(CCCO)OC#CCC(O)C4CC2(OC(CCCCC)=CC42C=CC4CC(Cc5ccc(C(=O)O)cc5)CC4(O)C2)C(O)C3O)cc1CC(COC)Cn1ccc(C#N)c1. The topological polar surface area (TPSA) is 213 Å². The molecule has 1 saturated heterocycles. The van der Waals surface area contributed by atoms with Gasteiger partial charge >= 0.3 is 5.97 Å². The van der Waals surface area contributed by atoms with Gasteiger partial charge in [0.1, 0.15) is 42.3 Å². The number of carboxylic acid groups (broad SMARTS) is 1. The van der Waals surface area contributed by atoms with Crippen LogP contribution >= 0.6 is 0 Å². The monoisotopic (exact) mass is 989 g/mol. The van der Waals surface area contributed by atoms with E-state index < -0.39 is 65.3 Å². The molecule has 13 unspecified atom stereocenters. The zero-order valence-electron chi connectivity index (χ0n) is 41.6. The molecule has 14 heteroatoms. The maximum absolute atomic E-state index is 12.9. The molecule has 2 fully saturated rings. The Balaban J connectivity index is 1.19. The van der Waals surface area contributed by atoms with Gasteiger partial charge in [-0.2, -0.15) is 5.26 Å². The van der Waals surface area contributed by atoms with E-state index >= 15 is 0 Å². The summed E-state index contributed by atoms with van der Waals surface area (Å²) in [5.74, 6) is 2.14. The second-order valence-corrected chi connectivity index (χ2v) is 21.0. The van der Waals surface area contributed by atoms with Gasteiger partial charge in [0.15, 0.2) is 5.60 Å². The zero-order valence-corrected chi connectivity index (χ0v) is 41.6. The van der Waals surface area contributed by atoms with Crippen molar-refractivity contribution in [3.05, 3.63) is 125 Å². The number of aliphatic hydroxyl groups is 5. The molecular weight excluding hydrogens is 917 g/mol. The predicted molar refractivity (Wildman–Crippen MR) is 268 cm³/mol. The minimum Gasteiger partial charge on any atom is -0.482 e. The number of aromatic carboxylic acids is 1. The van der Waals surface area contributed by atoms with Gasteiger partial charge in [0.25, 0.3) is 0 Å². The molecule has 1 aromatic heterocycles. The molecule has 3 bridgehead atoms. The molecular formula is C58H72N2O12. The Morgan fingerprint density at radius 3 is 2.64 bits per heavy atom. The van der Waals surface area contributed by atoms with Crippen LogP contribution in [0.5, 0.6) is 5.75 Å². The molecule has 2 aliphatic carbocycles. The van der Waals surface area contributed by atoms with E-state index in [4.69, 9.17) is 23.7 Å². The lowest BCUT2D eigenvalue weighted by Gasteiger charge is -2.53. The Morgan fingerprint density at radius 1 is 1.10 bits per heavy atom. The first-order valence-corrected chi connectivity index (χ1v) is 25.8. The van der Waals surface area contributed by atoms with Gasteiger partial charge in [0.2, 0.25) is 6.29 Å². The first-order chi connectivity index (χ1) is 34.7. The number of aliphatic hydroxyl groups excluding tert-OH is 4. The average molecular weight is 989 g/mol. The van der Waals surface area contributed by atoms with Crippen LogP contribution < -0.4 is 4.74 Å². The molecule has 72 heavy (non-hydrogen) atoms. The molecule has 2 spiro atoms. The van der Waals surface area contributed by atoms with Gasteiger partial charge in [0, 0.05) is 75.1 Å². The van der Waals surface area contributed by atoms with Crippen molar-refractivity contribution in [1.82, 2.24) is 4.57 Å². The number of hydrogen-bond acceptors (Lipinski definition) is 12. The maximum Gasteiger partial charge on any atom is 0.335 e. The number of hydrogen-bond donors (Lipinski definition) is 6. The van der Waals surface area contributed by atoms with Crippen molar-refractivity contribution in [2.75, 3.05) is 20.3 Å². The van der Waals surface area contributed by atoms with Crippen LogP contribution in [-0.4, -0.2) is 110 Å². The number of nitriles is 1. The molecule has 5 heterocycles. The quantitative estimate of drug-likeness (QED) is 0.0377. The van der Waals surface area contributed by atoms with Crippen molar-refractivity contribution in [2.45, 2.75) is 151 Å². The zero-order chi connectivity index (χ0) is 51.0. The van der Waals surface area contributed by atoms with Gasteiger partial charge in [0.05, 0.1) is 35.2 Å². The number of aromatic nitrogens is 1. The van der Waals surface area contributed by atoms with Crippen LogP contribution in [0.25, 0.3) is 0 Å². The van der Waals surface area contributed by atoms with Gasteiger partial charge in [-0.15, -0.1) is 6.58 Å². The van der Waals surface area contributed by atoms with Crippen LogP contribution in [0, 0.1) is 52.4 Å². The summed E-state index contributed by atoms with van der Waals surface area (Å²) in [5, 5.41) is 79.7. The smallest absolute Gasteiger partial charge is 0.335 e. The fraction of sp³-hybridized carbons (Fsp3) is 0.552. The van der Waals surface area contributed by atoms with Crippen molar-refractivity contribution >= 4 is 5.97 Å². The van der Waals surface area contributed by atoms with Crippen molar-refractivity contribution < 1.29 is 59.1 Å². The first-order valence-electron chi connectivity index (χ1n) is 25.8. The van der Waals surface area contributed by atoms with E-state index in [1.54, 1.807) is 25.3 Å². The molecule has 3 aromatic rings. The highest BCUT2D eigenvalue weighted by molar-refractivity contribution is 5.87. The number of benzene rings is 2. The second-order valence-electron chi connectivity index (χ2n) is 21.0. The maximum atomic E-state index is 12.9. The van der Waals surface area contributed by atoms with Gasteiger partial charge in [-0.05, 0) is 117 Å². The highest BCUT2D eigenvalue weighted by Crippen LogP contribution is 2.59. The summed E-state index contributed by atoms with van der Waals surface area (Å²) in [5.41, 5.74) is -0.261. The normalized spacial score (nSPS) is 32.0. The minimum absolute atomic E-state index is 0.000354. The first kappa shape index (κ1) is 52.9. The highest BCUT2D eigenvalue weighted by Gasteiger charge is 2.65. The Bertz CT molecular complexity index is 2520. The molecule has 386 valence electrons. The minimum atomic E-state index is -1.82. The van der Waals surface area contributed by atoms with Crippen molar-refractivity contribution in [3.8, 4) is 23.8 Å². The number of nitrogens with zero attached hydrogens (tertiary/aromatic N) is 2. The molecule has 9 rings (SSSR count). The Labute approximate surface area is 423 Å². The van der Waals surface area contributed by atoms with E-state index in [0.29, 0.717) is 68.7 Å². The molecule has 6 N–H and O–H groups in total. The lowest BCUT2D eigenvalue weighted by molar-refractivity contribution is -0.337. The van der Waals surface area contributed by atoms with Crippen LogP contribution in [0.1, 0.15) is 110 Å². The number of fused-ring (bicyclic) bond motifs is 7. The Hall–Kier alpha value is -5.42. The molecule has 13 atom stereocenters. The number of rotatable bonds is 20. The number of allylic oxidation sites excluding steroid dienone is 4. The number of methoxy groups -OCH3 is 1. The summed E-state index contributed by atoms with van der Waals surface area (Å²) < 4.78 is 35.0. The highest BCUT2D eigenvalue weighted by atomic mass is 16.7. The van der Waals surface area contributed by atoms with E-state index in [1.807, 2.05) is 59.4 Å². The summed E-state index contributed by atoms with van der Waals surface area (Å²) >= 11 is 0. The van der Waals surface area contributed by atoms with Crippen molar-refractivity contribution in [2.24, 2.45) is 29.1 Å². The number of carbonyl (C=O) groups is 1. The van der Waals surface area contributed by atoms with Crippen LogP contribution in [0.15, 0.2) is 97.6 Å². The molecule has 1 saturated carbocycles. The predicted octanol–water partition coefficient (Wildman–Crippen LogP) is 7.19. The number of ether oxygens (including phenoxy) is 5. The molecule has 14 nitrogen and oxygen atoms in total. The van der Waals surface area contributed by atoms with E-state index in [9.17, 15) is 40.7 Å². The summed E-state index contributed by atoms with van der Waals surface area (Å²) in [4.78, 5) is 11.6. The molecule has 0 amide bonds. The Kier molecular flexibility index (Phi) is 17.0. The second kappa shape index (κ2) is 23.2. The lowest BCUT2D eigenvalue weighted by atomic mass is 9.58. The fourth-order valence-electron chi connectivity index (χ4n) is 12.4. The third-order valence-electron chi connectivity index (χ3n) is 15.9. The van der Waals surface area contributed by atoms with Crippen LogP contribution in [0.2, 0.25) is 0 Å². The standard InChI is InChI=1S/C58H72N2O12/c1-4-6-7-11-47-31-56(22-20-45-28-40(30-57(45,67)37-56)26-38-14-16-43(17-15-38)54(65)66)48-32-58(72-47)53(64)51(63)52(50(13-8-24-61)69-25-9-12-49(48)62)71-55(58)70-46-19-18-42(10-5-2)44(29-46)27-41(36-68-3)35-60-23-21-39(33-59)34-60/h5,14-23,29,31,34,40-41,45,48-53,55,61-64,67H,2,4,6-8,10-13,24,26-28,30,32,35-37H2,1,3H3,(H,65,66). The average Bonchev–Trinajstić information content (AvgIpc) is 3.92. The van der Waals surface area contributed by atoms with Gasteiger partial charge < -0.3 is 58.9 Å². The third-order valence-corrected chi connectivity index (χ3v) is 15.9. The van der Waals surface area contributed by atoms with Gasteiger partial charge in [-0.25, -0.2) is 4.79 Å². The van der Waals surface area contributed by atoms with Crippen molar-refractivity contribution in [1.29, 1.82) is 5.26 Å². The molecule has 4 aliphatic heterocycles. The lowest BCUT2D eigenvalue weighted by Crippen LogP contribution is -2.71. The van der Waals surface area contributed by atoms with E-state index in [1.165, 1.54) is 0 Å². The largest absolute Gasteiger partial charge is 0.482 e. The van der Waals surface area contributed by atoms with Gasteiger partial charge in [-0.3, -0.25) is 0 Å². The summed E-state index contributed by atoms with van der Waals surface area (Å²) in [6.07, 6.45) is 13.4. The van der Waals surface area contributed by atoms with Crippen LogP contribution in [-0.2, 0) is 44.8 Å². The van der Waals surface area contributed by atoms with Crippen molar-refractivity contribution in [3.63, 3.8) is 0 Å². The summed E-state index contributed by atoms with van der Waals surface area (Å²) in [6, 6.07) is 16.6. The molecule has 2 aromatic carbocycles. The van der Waals surface area contributed by atoms with E-state index in [2.05, 4.69) is 43.8 Å². The fourth-order valence-corrected chi connectivity index (χ4v) is 12.4. The van der Waals surface area contributed by atoms with Crippen LogP contribution in [0.3, 0.4) is 0 Å². The van der Waals surface area contributed by atoms with Gasteiger partial charge in [-0.1, -0.05) is 62.1 Å². The number of carboxylic acids is 1. The summed E-state index contributed by atoms with van der Waals surface area (Å²) in [6.45, 7) is 7.01. The van der Waals surface area contributed by atoms with Crippen LogP contribution in [0.4, 0.5) is 0 Å². The molecule has 6 aliphatic rings. The summed E-state index contributed by atoms with van der Waals surface area (Å²) in [7, 11) is 1.66. The van der Waals surface area contributed by atoms with E-state index in [-0.39, 0.29) is 55.6 Å². The number of unbranched alkanes of at least 4 members (excludes halogenated alkanes) is 2. The Morgan fingerprint density at radius 2 is 1.92 bits per heavy atom. The van der Waals surface area contributed by atoms with E-state index in [0.717, 1.165) is 42.4 Å². The third kappa shape index (κ3) is 11.5.